The number of nitrogens with one attached hydrogen (secondary N) is 1. The third-order valence-corrected chi connectivity index (χ3v) is 4.34. The van der Waals surface area contributed by atoms with Crippen LogP contribution >= 0.6 is 11.6 Å². The van der Waals surface area contributed by atoms with Crippen LogP contribution in [0.4, 0.5) is 5.69 Å². The number of benzene rings is 1. The molecule has 0 aliphatic carbocycles. The highest BCUT2D eigenvalue weighted by Crippen LogP contribution is 2.33. The number of amides is 1. The second-order valence-corrected chi connectivity index (χ2v) is 5.73. The minimum atomic E-state index is -1.39. The summed E-state index contributed by atoms with van der Waals surface area (Å²) in [6.07, 6.45) is 0. The van der Waals surface area contributed by atoms with E-state index < -0.39 is 27.5 Å². The molecule has 1 aliphatic rings. The van der Waals surface area contributed by atoms with Crippen LogP contribution in [0.1, 0.15) is 16.6 Å². The first kappa shape index (κ1) is 15.2. The molecule has 23 heavy (non-hydrogen) atoms. The second kappa shape index (κ2) is 4.92. The third-order valence-electron chi connectivity index (χ3n) is 3.96. The van der Waals surface area contributed by atoms with Gasteiger partial charge in [-0.3, -0.25) is 29.1 Å². The van der Waals surface area contributed by atoms with Gasteiger partial charge in [0, 0.05) is 30.8 Å². The Kier molecular flexibility index (Phi) is 3.25. The van der Waals surface area contributed by atoms with Crippen molar-refractivity contribution in [3.05, 3.63) is 48.0 Å². The van der Waals surface area contributed by atoms with Gasteiger partial charge in [-0.15, -0.1) is 0 Å². The standard InChI is InChI=1S/C13H11ClN4O5/c1-5-6-4-16(2)12(20)10(14)17-9(6)7(3-8(5)18(22)23)15-11(19)13(17)21/h3,10H,4H2,1-2H3,(H,15,19). The number of halogens is 1. The van der Waals surface area contributed by atoms with Gasteiger partial charge in [-0.25, -0.2) is 0 Å². The largest absolute Gasteiger partial charge is 0.338 e. The van der Waals surface area contributed by atoms with Crippen molar-refractivity contribution < 1.29 is 9.72 Å². The van der Waals surface area contributed by atoms with Crippen LogP contribution < -0.4 is 11.1 Å². The molecule has 1 amide bonds. The van der Waals surface area contributed by atoms with Crippen LogP contribution in [0.3, 0.4) is 0 Å². The van der Waals surface area contributed by atoms with Gasteiger partial charge in [0.15, 0.2) is 5.50 Å². The topological polar surface area (TPSA) is 118 Å². The zero-order valence-corrected chi connectivity index (χ0v) is 12.9. The molecule has 1 aromatic carbocycles. The highest BCUT2D eigenvalue weighted by molar-refractivity contribution is 6.29. The molecular formula is C13H11ClN4O5. The molecule has 0 bridgehead atoms. The van der Waals surface area contributed by atoms with Crippen LogP contribution in [-0.2, 0) is 11.3 Å². The smallest absolute Gasteiger partial charge is 0.318 e. The molecule has 1 unspecified atom stereocenters. The van der Waals surface area contributed by atoms with Crippen molar-refractivity contribution in [2.45, 2.75) is 19.0 Å². The maximum Gasteiger partial charge on any atom is 0.318 e. The van der Waals surface area contributed by atoms with E-state index in [0.717, 1.165) is 4.57 Å². The van der Waals surface area contributed by atoms with Crippen molar-refractivity contribution >= 4 is 34.2 Å². The fraction of sp³-hybridized carbons (Fsp3) is 0.308. The molecular weight excluding hydrogens is 328 g/mol. The van der Waals surface area contributed by atoms with Crippen LogP contribution in [0.25, 0.3) is 11.0 Å². The molecule has 1 N–H and O–H groups in total. The van der Waals surface area contributed by atoms with Crippen molar-refractivity contribution in [2.24, 2.45) is 0 Å². The van der Waals surface area contributed by atoms with Gasteiger partial charge in [-0.2, -0.15) is 0 Å². The van der Waals surface area contributed by atoms with Crippen LogP contribution in [0.2, 0.25) is 0 Å². The summed E-state index contributed by atoms with van der Waals surface area (Å²) in [6, 6.07) is 1.17. The summed E-state index contributed by atoms with van der Waals surface area (Å²) in [7, 11) is 1.47. The molecule has 10 heteroatoms. The SMILES string of the molecule is Cc1c([N+](=O)[O-])cc2[nH]c(=O)c(=O)n3c2c1CN(C)C(=O)C3Cl. The van der Waals surface area contributed by atoms with E-state index in [2.05, 4.69) is 4.98 Å². The molecule has 3 rings (SSSR count). The van der Waals surface area contributed by atoms with E-state index in [9.17, 15) is 24.5 Å². The lowest BCUT2D eigenvalue weighted by Crippen LogP contribution is -2.40. The first-order valence-corrected chi connectivity index (χ1v) is 7.02. The van der Waals surface area contributed by atoms with Gasteiger partial charge in [0.1, 0.15) is 0 Å². The lowest BCUT2D eigenvalue weighted by molar-refractivity contribution is -0.385. The molecule has 0 fully saturated rings. The van der Waals surface area contributed by atoms with Gasteiger partial charge in [0.2, 0.25) is 0 Å². The normalized spacial score (nSPS) is 17.4. The summed E-state index contributed by atoms with van der Waals surface area (Å²) in [6.45, 7) is 1.57. The zero-order valence-electron chi connectivity index (χ0n) is 12.1. The summed E-state index contributed by atoms with van der Waals surface area (Å²) in [4.78, 5) is 50.5. The Labute approximate surface area is 133 Å². The molecule has 1 atom stereocenters. The Bertz CT molecular complexity index is 992. The molecule has 0 radical (unpaired) electrons. The Balaban J connectivity index is 2.60. The van der Waals surface area contributed by atoms with E-state index in [0.29, 0.717) is 11.1 Å². The molecule has 2 aromatic rings. The van der Waals surface area contributed by atoms with Gasteiger partial charge in [-0.1, -0.05) is 11.6 Å². The molecule has 2 heterocycles. The summed E-state index contributed by atoms with van der Waals surface area (Å²) >= 11 is 6.08. The van der Waals surface area contributed by atoms with Crippen molar-refractivity contribution in [1.29, 1.82) is 0 Å². The summed E-state index contributed by atoms with van der Waals surface area (Å²) < 4.78 is 0.896. The quantitative estimate of drug-likeness (QED) is 0.354. The minimum absolute atomic E-state index is 0.0392. The number of aromatic nitrogens is 2. The number of aromatic amines is 1. The monoisotopic (exact) mass is 338 g/mol. The maximum atomic E-state index is 12.2. The van der Waals surface area contributed by atoms with Crippen molar-refractivity contribution in [2.75, 3.05) is 7.05 Å². The number of hydrogen-bond donors (Lipinski definition) is 1. The highest BCUT2D eigenvalue weighted by atomic mass is 35.5. The number of nitrogens with zero attached hydrogens (tertiary/aromatic N) is 3. The van der Waals surface area contributed by atoms with E-state index in [1.165, 1.54) is 24.9 Å². The first-order valence-electron chi connectivity index (χ1n) is 6.58. The third kappa shape index (κ3) is 2.04. The van der Waals surface area contributed by atoms with Crippen LogP contribution in [0, 0.1) is 17.0 Å². The highest BCUT2D eigenvalue weighted by Gasteiger charge is 2.32. The fourth-order valence-corrected chi connectivity index (χ4v) is 3.12. The summed E-state index contributed by atoms with van der Waals surface area (Å²) in [5.74, 6) is -0.570. The number of carbonyl (C=O) groups is 1. The van der Waals surface area contributed by atoms with Crippen molar-refractivity contribution in [3.8, 4) is 0 Å². The number of rotatable bonds is 1. The lowest BCUT2D eigenvalue weighted by Gasteiger charge is -2.16. The molecule has 0 saturated carbocycles. The van der Waals surface area contributed by atoms with E-state index >= 15 is 0 Å². The van der Waals surface area contributed by atoms with Gasteiger partial charge in [0.25, 0.3) is 11.6 Å². The number of likely N-dealkylation sites (N-methyl/N-ethyl adjacent to an activating group) is 1. The van der Waals surface area contributed by atoms with Gasteiger partial charge < -0.3 is 9.88 Å². The Hall–Kier alpha value is -2.68. The number of hydrogen-bond acceptors (Lipinski definition) is 5. The maximum absolute atomic E-state index is 12.2. The Morgan fingerprint density at radius 2 is 2.04 bits per heavy atom. The first-order chi connectivity index (χ1) is 10.7. The molecule has 120 valence electrons. The average Bonchev–Trinajstić information content (AvgIpc) is 2.58. The molecule has 1 aromatic heterocycles. The van der Waals surface area contributed by atoms with Gasteiger partial charge >= 0.3 is 11.1 Å². The van der Waals surface area contributed by atoms with Crippen molar-refractivity contribution in [1.82, 2.24) is 14.5 Å². The molecule has 0 spiro atoms. The van der Waals surface area contributed by atoms with E-state index in [1.54, 1.807) is 0 Å². The number of nitro benzene ring substituents is 1. The predicted molar refractivity (Wildman–Crippen MR) is 81.6 cm³/mol. The number of alkyl halides is 1. The Morgan fingerprint density at radius 3 is 2.65 bits per heavy atom. The van der Waals surface area contributed by atoms with Crippen LogP contribution in [0.5, 0.6) is 0 Å². The van der Waals surface area contributed by atoms with E-state index in [4.69, 9.17) is 11.6 Å². The lowest BCUT2D eigenvalue weighted by atomic mass is 10.0. The second-order valence-electron chi connectivity index (χ2n) is 5.31. The summed E-state index contributed by atoms with van der Waals surface area (Å²) in [5.41, 5.74) is -2.53. The average molecular weight is 339 g/mol. The van der Waals surface area contributed by atoms with Gasteiger partial charge in [-0.05, 0) is 6.92 Å². The molecule has 0 saturated heterocycles. The van der Waals surface area contributed by atoms with Crippen LogP contribution in [-0.4, -0.2) is 32.3 Å². The number of nitro groups is 1. The minimum Gasteiger partial charge on any atom is -0.338 e. The van der Waals surface area contributed by atoms with Gasteiger partial charge in [0.05, 0.1) is 16.0 Å². The van der Waals surface area contributed by atoms with Crippen molar-refractivity contribution in [3.63, 3.8) is 0 Å². The van der Waals surface area contributed by atoms with E-state index in [1.807, 2.05) is 0 Å². The summed E-state index contributed by atoms with van der Waals surface area (Å²) in [5, 5.41) is 11.2. The zero-order chi connectivity index (χ0) is 17.0. The molecule has 9 nitrogen and oxygen atoms in total. The number of carbonyl (C=O) groups excluding carboxylic acids is 1. The Morgan fingerprint density at radius 1 is 1.39 bits per heavy atom. The van der Waals surface area contributed by atoms with E-state index in [-0.39, 0.29) is 23.3 Å². The van der Waals surface area contributed by atoms with Crippen LogP contribution in [0.15, 0.2) is 15.7 Å². The predicted octanol–water partition coefficient (Wildman–Crippen LogP) is 0.616. The molecule has 1 aliphatic heterocycles. The fourth-order valence-electron chi connectivity index (χ4n) is 2.77. The number of H-pyrrole nitrogens is 1.